The number of H-pyrrole nitrogens is 1. The summed E-state index contributed by atoms with van der Waals surface area (Å²) in [6, 6.07) is 7.29. The molecule has 3 heterocycles. The van der Waals surface area contributed by atoms with E-state index in [0.29, 0.717) is 46.9 Å². The van der Waals surface area contributed by atoms with Crippen molar-refractivity contribution in [1.82, 2.24) is 15.3 Å². The first kappa shape index (κ1) is 18.9. The number of anilines is 2. The Balaban J connectivity index is 1.82. The van der Waals surface area contributed by atoms with E-state index in [1.807, 2.05) is 0 Å². The fraction of sp³-hybridized carbons (Fsp3) is 0.200. The number of benzene rings is 1. The Kier molecular flexibility index (Phi) is 5.11. The number of alkyl halides is 2. The van der Waals surface area contributed by atoms with Gasteiger partial charge in [-0.15, -0.1) is 0 Å². The molecule has 0 bridgehead atoms. The van der Waals surface area contributed by atoms with Crippen LogP contribution < -0.4 is 15.4 Å². The van der Waals surface area contributed by atoms with Crippen molar-refractivity contribution >= 4 is 17.3 Å². The molecule has 0 atom stereocenters. The first-order valence-corrected chi connectivity index (χ1v) is 8.94. The minimum Gasteiger partial charge on any atom is -0.485 e. The molecule has 3 aromatic rings. The summed E-state index contributed by atoms with van der Waals surface area (Å²) in [5.74, 6) is -0.488. The van der Waals surface area contributed by atoms with Crippen molar-refractivity contribution in [2.24, 2.45) is 0 Å². The summed E-state index contributed by atoms with van der Waals surface area (Å²) in [6.45, 7) is -0.298. The van der Waals surface area contributed by atoms with Crippen LogP contribution in [0.1, 0.15) is 16.1 Å². The van der Waals surface area contributed by atoms with Gasteiger partial charge in [-0.1, -0.05) is 0 Å². The minimum absolute atomic E-state index is 0.161. The molecule has 150 valence electrons. The van der Waals surface area contributed by atoms with Crippen LogP contribution in [-0.2, 0) is 6.42 Å². The van der Waals surface area contributed by atoms with Gasteiger partial charge >= 0.3 is 0 Å². The molecule has 0 unspecified atom stereocenters. The first-order chi connectivity index (χ1) is 14.0. The lowest BCUT2D eigenvalue weighted by Gasteiger charge is -2.15. The summed E-state index contributed by atoms with van der Waals surface area (Å²) in [7, 11) is 0. The lowest BCUT2D eigenvalue weighted by atomic mass is 10.0. The van der Waals surface area contributed by atoms with Gasteiger partial charge in [0, 0.05) is 36.1 Å². The van der Waals surface area contributed by atoms with Crippen LogP contribution >= 0.6 is 0 Å². The van der Waals surface area contributed by atoms with Crippen LogP contribution in [0.15, 0.2) is 42.7 Å². The zero-order chi connectivity index (χ0) is 20.4. The topological polar surface area (TPSA) is 79.0 Å². The van der Waals surface area contributed by atoms with Crippen LogP contribution in [0.3, 0.4) is 0 Å². The second kappa shape index (κ2) is 7.86. The highest BCUT2D eigenvalue weighted by atomic mass is 19.3. The number of fused-ring (bicyclic) bond motifs is 1. The molecule has 0 radical (unpaired) electrons. The summed E-state index contributed by atoms with van der Waals surface area (Å²) in [4.78, 5) is 19.7. The molecule has 0 fully saturated rings. The number of rotatable bonds is 6. The highest BCUT2D eigenvalue weighted by molar-refractivity contribution is 6.06. The molecular weight excluding hydrogens is 385 g/mol. The highest BCUT2D eigenvalue weighted by Crippen LogP contribution is 2.40. The largest absolute Gasteiger partial charge is 0.485 e. The maximum atomic E-state index is 13.3. The number of aromatic amines is 1. The number of nitrogens with one attached hydrogen (secondary N) is 3. The third-order valence-corrected chi connectivity index (χ3v) is 4.50. The third-order valence-electron chi connectivity index (χ3n) is 4.50. The maximum Gasteiger partial charge on any atom is 0.272 e. The Morgan fingerprint density at radius 1 is 1.21 bits per heavy atom. The molecule has 1 aromatic carbocycles. The number of aromatic nitrogens is 2. The van der Waals surface area contributed by atoms with Gasteiger partial charge in [0.2, 0.25) is 0 Å². The van der Waals surface area contributed by atoms with Gasteiger partial charge in [-0.25, -0.2) is 13.2 Å². The van der Waals surface area contributed by atoms with Crippen molar-refractivity contribution in [3.63, 3.8) is 0 Å². The van der Waals surface area contributed by atoms with Crippen LogP contribution in [-0.4, -0.2) is 35.5 Å². The molecule has 1 amide bonds. The average molecular weight is 402 g/mol. The van der Waals surface area contributed by atoms with E-state index in [-0.39, 0.29) is 17.5 Å². The van der Waals surface area contributed by atoms with E-state index < -0.39 is 13.0 Å². The zero-order valence-corrected chi connectivity index (χ0v) is 15.1. The molecule has 1 aliphatic heterocycles. The third kappa shape index (κ3) is 3.89. The zero-order valence-electron chi connectivity index (χ0n) is 15.1. The highest BCUT2D eigenvalue weighted by Gasteiger charge is 2.28. The molecule has 9 heteroatoms. The van der Waals surface area contributed by atoms with Crippen molar-refractivity contribution in [3.8, 4) is 17.0 Å². The molecule has 1 aliphatic rings. The Morgan fingerprint density at radius 3 is 2.76 bits per heavy atom. The lowest BCUT2D eigenvalue weighted by molar-refractivity contribution is 0.0820. The molecule has 3 N–H and O–H groups in total. The fourth-order valence-corrected chi connectivity index (χ4v) is 3.24. The molecule has 29 heavy (non-hydrogen) atoms. The standard InChI is InChI=1S/C20H17F3N4O2/c21-11-1-3-12(4-2-11)26-19-17-14(6-8-25-20(17)28)27-18(19)13-5-7-24-9-15(13)29-10-16(22)23/h1-5,7,9,16,26-27H,6,8,10H2,(H,25,28). The number of carbonyl (C=O) groups excluding carboxylic acids is 1. The fourth-order valence-electron chi connectivity index (χ4n) is 3.24. The monoisotopic (exact) mass is 402 g/mol. The first-order valence-electron chi connectivity index (χ1n) is 8.94. The van der Waals surface area contributed by atoms with E-state index >= 15 is 0 Å². The van der Waals surface area contributed by atoms with Gasteiger partial charge in [-0.05, 0) is 30.3 Å². The SMILES string of the molecule is O=C1NCCc2[nH]c(-c3ccncc3OCC(F)F)c(Nc3ccc(F)cc3)c21. The summed E-state index contributed by atoms with van der Waals surface area (Å²) < 4.78 is 43.8. The van der Waals surface area contributed by atoms with Gasteiger partial charge in [0.25, 0.3) is 12.3 Å². The van der Waals surface area contributed by atoms with Crippen molar-refractivity contribution in [2.75, 3.05) is 18.5 Å². The number of hydrogen-bond acceptors (Lipinski definition) is 4. The number of ether oxygens (including phenoxy) is 1. The molecule has 4 rings (SSSR count). The average Bonchev–Trinajstić information content (AvgIpc) is 3.08. The Hall–Kier alpha value is -3.49. The molecule has 0 aliphatic carbocycles. The minimum atomic E-state index is -2.64. The Bertz CT molecular complexity index is 1030. The van der Waals surface area contributed by atoms with Crippen LogP contribution in [0.25, 0.3) is 11.3 Å². The van der Waals surface area contributed by atoms with Crippen molar-refractivity contribution < 1.29 is 22.7 Å². The van der Waals surface area contributed by atoms with Gasteiger partial charge in [0.05, 0.1) is 23.1 Å². The van der Waals surface area contributed by atoms with Gasteiger partial charge in [0.1, 0.15) is 18.2 Å². The van der Waals surface area contributed by atoms with Crippen LogP contribution in [0.4, 0.5) is 24.5 Å². The van der Waals surface area contributed by atoms with E-state index in [1.54, 1.807) is 18.2 Å². The molecule has 2 aromatic heterocycles. The van der Waals surface area contributed by atoms with Crippen molar-refractivity contribution in [3.05, 3.63) is 59.8 Å². The number of pyridine rings is 1. The second-order valence-electron chi connectivity index (χ2n) is 6.44. The number of halogens is 3. The number of amides is 1. The van der Waals surface area contributed by atoms with E-state index in [1.165, 1.54) is 24.5 Å². The quantitative estimate of drug-likeness (QED) is 0.585. The van der Waals surface area contributed by atoms with Crippen molar-refractivity contribution in [2.45, 2.75) is 12.8 Å². The molecule has 0 spiro atoms. The van der Waals surface area contributed by atoms with Gasteiger partial charge in [-0.2, -0.15) is 0 Å². The van der Waals surface area contributed by atoms with Crippen molar-refractivity contribution in [1.29, 1.82) is 0 Å². The predicted octanol–water partition coefficient (Wildman–Crippen LogP) is 3.89. The maximum absolute atomic E-state index is 13.3. The van der Waals surface area contributed by atoms with Crippen LogP contribution in [0, 0.1) is 5.82 Å². The lowest BCUT2D eigenvalue weighted by Crippen LogP contribution is -2.31. The Labute approximate surface area is 164 Å². The summed E-state index contributed by atoms with van der Waals surface area (Å²) in [6.07, 6.45) is 0.797. The molecule has 0 saturated carbocycles. The van der Waals surface area contributed by atoms with E-state index in [4.69, 9.17) is 4.74 Å². The molecule has 0 saturated heterocycles. The van der Waals surface area contributed by atoms with Gasteiger partial charge in [-0.3, -0.25) is 9.78 Å². The summed E-state index contributed by atoms with van der Waals surface area (Å²) >= 11 is 0. The van der Waals surface area contributed by atoms with Crippen LogP contribution in [0.2, 0.25) is 0 Å². The normalized spacial score (nSPS) is 13.2. The number of hydrogen-bond donors (Lipinski definition) is 3. The van der Waals surface area contributed by atoms with E-state index in [0.717, 1.165) is 0 Å². The predicted molar refractivity (Wildman–Crippen MR) is 101 cm³/mol. The van der Waals surface area contributed by atoms with Gasteiger partial charge < -0.3 is 20.4 Å². The molecular formula is C20H17F3N4O2. The van der Waals surface area contributed by atoms with Crippen LogP contribution in [0.5, 0.6) is 5.75 Å². The smallest absolute Gasteiger partial charge is 0.272 e. The number of carbonyl (C=O) groups is 1. The summed E-state index contributed by atoms with van der Waals surface area (Å²) in [5.41, 5.74) is 3.14. The van der Waals surface area contributed by atoms with E-state index in [9.17, 15) is 18.0 Å². The molecule has 6 nitrogen and oxygen atoms in total. The van der Waals surface area contributed by atoms with E-state index in [2.05, 4.69) is 20.6 Å². The summed E-state index contributed by atoms with van der Waals surface area (Å²) in [5, 5.41) is 5.94. The second-order valence-corrected chi connectivity index (χ2v) is 6.44. The van der Waals surface area contributed by atoms with Gasteiger partial charge in [0.15, 0.2) is 0 Å². The number of nitrogens with zero attached hydrogens (tertiary/aromatic N) is 1. The Morgan fingerprint density at radius 2 is 2.00 bits per heavy atom.